The number of carbonyl (C=O) groups is 1. The number of hydrogen-bond acceptors (Lipinski definition) is 4. The van der Waals surface area contributed by atoms with E-state index in [1.165, 1.54) is 7.11 Å². The van der Waals surface area contributed by atoms with E-state index in [9.17, 15) is 4.79 Å². The second-order valence-electron chi connectivity index (χ2n) is 4.11. The molecule has 0 aliphatic heterocycles. The van der Waals surface area contributed by atoms with Crippen LogP contribution < -0.4 is 5.73 Å². The molecule has 2 N–H and O–H groups in total. The van der Waals surface area contributed by atoms with E-state index < -0.39 is 5.97 Å². The largest absolute Gasteiger partial charge is 0.464 e. The molecule has 18 heavy (non-hydrogen) atoms. The average Bonchev–Trinajstić information content (AvgIpc) is 2.79. The number of ether oxygens (including phenoxy) is 1. The van der Waals surface area contributed by atoms with Crippen molar-refractivity contribution in [3.63, 3.8) is 0 Å². The van der Waals surface area contributed by atoms with Gasteiger partial charge in [0.25, 0.3) is 0 Å². The Kier molecular flexibility index (Phi) is 3.62. The van der Waals surface area contributed by atoms with E-state index in [1.54, 1.807) is 0 Å². The van der Waals surface area contributed by atoms with Gasteiger partial charge in [0.2, 0.25) is 0 Å². The van der Waals surface area contributed by atoms with Gasteiger partial charge >= 0.3 is 5.97 Å². The Hall–Kier alpha value is -1.88. The maximum absolute atomic E-state index is 11.7. The first-order chi connectivity index (χ1) is 8.72. The van der Waals surface area contributed by atoms with Gasteiger partial charge in [-0.1, -0.05) is 13.0 Å². The van der Waals surface area contributed by atoms with E-state index >= 15 is 0 Å². The van der Waals surface area contributed by atoms with Gasteiger partial charge in [0.1, 0.15) is 5.82 Å². The Morgan fingerprint density at radius 3 is 2.94 bits per heavy atom. The second kappa shape index (κ2) is 5.18. The van der Waals surface area contributed by atoms with Gasteiger partial charge in [-0.25, -0.2) is 9.78 Å². The maximum Gasteiger partial charge on any atom is 0.358 e. The van der Waals surface area contributed by atoms with Crippen molar-refractivity contribution in [3.05, 3.63) is 35.9 Å². The van der Waals surface area contributed by atoms with Crippen LogP contribution in [0.3, 0.4) is 0 Å². The summed E-state index contributed by atoms with van der Waals surface area (Å²) in [4.78, 5) is 16.1. The molecule has 0 spiro atoms. The molecule has 5 nitrogen and oxygen atoms in total. The topological polar surface area (TPSA) is 69.6 Å². The van der Waals surface area contributed by atoms with Crippen LogP contribution in [0.15, 0.2) is 24.4 Å². The number of nitrogens with two attached hydrogens (primary N) is 1. The van der Waals surface area contributed by atoms with Crippen molar-refractivity contribution in [2.45, 2.75) is 19.3 Å². The monoisotopic (exact) mass is 247 g/mol. The van der Waals surface area contributed by atoms with Crippen molar-refractivity contribution in [2.75, 3.05) is 13.7 Å². The van der Waals surface area contributed by atoms with Gasteiger partial charge in [-0.2, -0.15) is 0 Å². The van der Waals surface area contributed by atoms with Gasteiger partial charge in [0, 0.05) is 18.7 Å². The molecule has 0 saturated heterocycles. The van der Waals surface area contributed by atoms with Crippen molar-refractivity contribution in [1.29, 1.82) is 0 Å². The summed E-state index contributed by atoms with van der Waals surface area (Å²) in [5.74, 6) is 0.533. The highest BCUT2D eigenvalue weighted by Crippen LogP contribution is 2.22. The summed E-state index contributed by atoms with van der Waals surface area (Å²) >= 11 is 0. The molecule has 0 fully saturated rings. The quantitative estimate of drug-likeness (QED) is 0.833. The van der Waals surface area contributed by atoms with Crippen molar-refractivity contribution in [1.82, 2.24) is 9.38 Å². The first kappa shape index (κ1) is 12.6. The Balaban J connectivity index is 2.64. The van der Waals surface area contributed by atoms with Crippen LogP contribution in [0, 0.1) is 0 Å². The number of fused-ring (bicyclic) bond motifs is 1. The smallest absolute Gasteiger partial charge is 0.358 e. The third-order valence-electron chi connectivity index (χ3n) is 3.10. The summed E-state index contributed by atoms with van der Waals surface area (Å²) in [5.41, 5.74) is 6.86. The SMILES string of the molecule is CCC(CN)c1nc(C(=O)OC)c2ccccn12. The minimum absolute atomic E-state index is 0.137. The molecule has 2 rings (SSSR count). The molecule has 0 bridgehead atoms. The summed E-state index contributed by atoms with van der Waals surface area (Å²) in [6.45, 7) is 2.56. The molecule has 5 heteroatoms. The molecule has 0 saturated carbocycles. The molecule has 0 aliphatic rings. The van der Waals surface area contributed by atoms with Crippen LogP contribution in [0.4, 0.5) is 0 Å². The van der Waals surface area contributed by atoms with E-state index in [-0.39, 0.29) is 5.92 Å². The minimum atomic E-state index is -0.420. The maximum atomic E-state index is 11.7. The fourth-order valence-electron chi connectivity index (χ4n) is 2.05. The molecule has 2 aromatic rings. The van der Waals surface area contributed by atoms with Gasteiger partial charge in [-0.15, -0.1) is 0 Å². The van der Waals surface area contributed by atoms with Crippen LogP contribution in [-0.2, 0) is 4.74 Å². The van der Waals surface area contributed by atoms with Gasteiger partial charge < -0.3 is 14.9 Å². The first-order valence-corrected chi connectivity index (χ1v) is 5.98. The van der Waals surface area contributed by atoms with Crippen LogP contribution in [0.5, 0.6) is 0 Å². The predicted molar refractivity (Wildman–Crippen MR) is 68.6 cm³/mol. The number of methoxy groups -OCH3 is 1. The van der Waals surface area contributed by atoms with Crippen molar-refractivity contribution in [2.24, 2.45) is 5.73 Å². The van der Waals surface area contributed by atoms with Crippen LogP contribution in [0.25, 0.3) is 5.52 Å². The second-order valence-corrected chi connectivity index (χ2v) is 4.11. The Bertz CT molecular complexity index is 558. The molecule has 2 heterocycles. The molecule has 1 atom stereocenters. The summed E-state index contributed by atoms with van der Waals surface area (Å²) in [5, 5.41) is 0. The molecule has 96 valence electrons. The number of nitrogens with zero attached hydrogens (tertiary/aromatic N) is 2. The number of carbonyl (C=O) groups excluding carboxylic acids is 1. The van der Waals surface area contributed by atoms with E-state index in [1.807, 2.05) is 28.8 Å². The third kappa shape index (κ3) is 1.97. The minimum Gasteiger partial charge on any atom is -0.464 e. The summed E-state index contributed by atoms with van der Waals surface area (Å²) in [7, 11) is 1.36. The van der Waals surface area contributed by atoms with Crippen LogP contribution in [0.2, 0.25) is 0 Å². The highest BCUT2D eigenvalue weighted by Gasteiger charge is 2.21. The van der Waals surface area contributed by atoms with E-state index in [2.05, 4.69) is 11.9 Å². The fraction of sp³-hybridized carbons (Fsp3) is 0.385. The lowest BCUT2D eigenvalue weighted by Gasteiger charge is -2.10. The number of hydrogen-bond donors (Lipinski definition) is 1. The molecule has 0 amide bonds. The zero-order valence-electron chi connectivity index (χ0n) is 10.6. The highest BCUT2D eigenvalue weighted by atomic mass is 16.5. The summed E-state index contributed by atoms with van der Waals surface area (Å²) in [6, 6.07) is 5.63. The average molecular weight is 247 g/mol. The fourth-order valence-corrected chi connectivity index (χ4v) is 2.05. The van der Waals surface area contributed by atoms with E-state index in [0.29, 0.717) is 12.2 Å². The number of esters is 1. The molecule has 0 aromatic carbocycles. The number of aromatic nitrogens is 2. The third-order valence-corrected chi connectivity index (χ3v) is 3.10. The van der Waals surface area contributed by atoms with Gasteiger partial charge in [0.15, 0.2) is 5.69 Å². The number of rotatable bonds is 4. The van der Waals surface area contributed by atoms with Gasteiger partial charge in [-0.3, -0.25) is 0 Å². The highest BCUT2D eigenvalue weighted by molar-refractivity contribution is 5.95. The Labute approximate surface area is 106 Å². The summed E-state index contributed by atoms with van der Waals surface area (Å²) < 4.78 is 6.67. The van der Waals surface area contributed by atoms with Crippen LogP contribution >= 0.6 is 0 Å². The number of imidazole rings is 1. The molecular formula is C13H17N3O2. The van der Waals surface area contributed by atoms with E-state index in [4.69, 9.17) is 10.5 Å². The summed E-state index contributed by atoms with van der Waals surface area (Å²) in [6.07, 6.45) is 2.77. The molecule has 1 unspecified atom stereocenters. The van der Waals surface area contributed by atoms with Crippen LogP contribution in [-0.4, -0.2) is 29.0 Å². The zero-order chi connectivity index (χ0) is 13.1. The molecule has 0 aliphatic carbocycles. The van der Waals surface area contributed by atoms with Gasteiger partial charge in [0.05, 0.1) is 12.6 Å². The number of pyridine rings is 1. The van der Waals surface area contributed by atoms with E-state index in [0.717, 1.165) is 17.8 Å². The van der Waals surface area contributed by atoms with Crippen molar-refractivity contribution in [3.8, 4) is 0 Å². The lowest BCUT2D eigenvalue weighted by atomic mass is 10.1. The standard InChI is InChI=1S/C13H17N3O2/c1-3-9(8-14)12-15-11(13(17)18-2)10-6-4-5-7-16(10)12/h4-7,9H,3,8,14H2,1-2H3. The molecule has 2 aromatic heterocycles. The normalized spacial score (nSPS) is 12.6. The van der Waals surface area contributed by atoms with Crippen molar-refractivity contribution < 1.29 is 9.53 Å². The lowest BCUT2D eigenvalue weighted by molar-refractivity contribution is 0.0596. The molecule has 0 radical (unpaired) electrons. The van der Waals surface area contributed by atoms with Crippen molar-refractivity contribution >= 4 is 11.5 Å². The Morgan fingerprint density at radius 1 is 1.56 bits per heavy atom. The first-order valence-electron chi connectivity index (χ1n) is 5.98. The molecular weight excluding hydrogens is 230 g/mol. The van der Waals surface area contributed by atoms with Crippen LogP contribution in [0.1, 0.15) is 35.6 Å². The predicted octanol–water partition coefficient (Wildman–Crippen LogP) is 1.57. The Morgan fingerprint density at radius 2 is 2.33 bits per heavy atom. The zero-order valence-corrected chi connectivity index (χ0v) is 10.6. The lowest BCUT2D eigenvalue weighted by Crippen LogP contribution is -2.14. The van der Waals surface area contributed by atoms with Gasteiger partial charge in [-0.05, 0) is 18.6 Å².